The first-order chi connectivity index (χ1) is 31.1. The molecular formula is C46H55F3N10O6. The molecule has 4 amide bonds. The van der Waals surface area contributed by atoms with Crippen LogP contribution in [0.25, 0.3) is 22.1 Å². The number of hydrogen-bond donors (Lipinski definition) is 4. The monoisotopic (exact) mass is 900 g/mol. The maximum absolute atomic E-state index is 13.8. The van der Waals surface area contributed by atoms with Crippen LogP contribution >= 0.6 is 0 Å². The Hall–Kier alpha value is -6.40. The third kappa shape index (κ3) is 9.01. The average Bonchev–Trinajstić information content (AvgIpc) is 4.14. The van der Waals surface area contributed by atoms with Crippen molar-refractivity contribution in [3.05, 3.63) is 83.2 Å². The molecule has 3 aliphatic rings. The summed E-state index contributed by atoms with van der Waals surface area (Å²) in [6.07, 6.45) is -0.419. The Morgan fingerprint density at radius 3 is 1.52 bits per heavy atom. The number of hydrogen-bond acceptors (Lipinski definition) is 10. The minimum Gasteiger partial charge on any atom is -0.453 e. The molecule has 6 atom stereocenters. The molecule has 3 saturated heterocycles. The highest BCUT2D eigenvalue weighted by Crippen LogP contribution is 2.48. The maximum Gasteiger partial charge on any atom is 0.433 e. The summed E-state index contributed by atoms with van der Waals surface area (Å²) < 4.78 is 50.8. The number of amides is 4. The van der Waals surface area contributed by atoms with Gasteiger partial charge in [0.05, 0.1) is 72.3 Å². The van der Waals surface area contributed by atoms with E-state index in [0.717, 1.165) is 41.1 Å². The fourth-order valence-corrected chi connectivity index (χ4v) is 9.74. The zero-order valence-corrected chi connectivity index (χ0v) is 37.2. The average molecular weight is 901 g/mol. The quantitative estimate of drug-likeness (QED) is 0.101. The lowest BCUT2D eigenvalue weighted by Crippen LogP contribution is -2.51. The molecule has 0 saturated carbocycles. The molecular weight excluding hydrogens is 846 g/mol. The van der Waals surface area contributed by atoms with Crippen molar-refractivity contribution < 1.29 is 41.8 Å². The van der Waals surface area contributed by atoms with Gasteiger partial charge in [-0.3, -0.25) is 9.59 Å². The number of nitrogens with one attached hydrogen (secondary N) is 4. The highest BCUT2D eigenvalue weighted by molar-refractivity contribution is 5.87. The Balaban J connectivity index is 1.09. The van der Waals surface area contributed by atoms with Gasteiger partial charge in [-0.05, 0) is 97.9 Å². The van der Waals surface area contributed by atoms with Crippen molar-refractivity contribution in [2.45, 2.75) is 109 Å². The van der Waals surface area contributed by atoms with Crippen LogP contribution in [-0.2, 0) is 25.2 Å². The molecule has 65 heavy (non-hydrogen) atoms. The predicted molar refractivity (Wildman–Crippen MR) is 234 cm³/mol. The summed E-state index contributed by atoms with van der Waals surface area (Å²) in [5.41, 5.74) is 4.32. The second-order valence-electron chi connectivity index (χ2n) is 17.8. The number of likely N-dealkylation sites (tertiary alicyclic amines) is 2. The summed E-state index contributed by atoms with van der Waals surface area (Å²) in [5, 5.41) is 5.37. The lowest BCUT2D eigenvalue weighted by atomic mass is 10.0. The van der Waals surface area contributed by atoms with Crippen molar-refractivity contribution in [2.75, 3.05) is 32.2 Å². The number of fused-ring (bicyclic) bond motifs is 2. The Morgan fingerprint density at radius 2 is 1.14 bits per heavy atom. The van der Waals surface area contributed by atoms with Gasteiger partial charge in [0, 0.05) is 13.1 Å². The van der Waals surface area contributed by atoms with Crippen molar-refractivity contribution in [1.82, 2.24) is 45.4 Å². The molecule has 4 N–H and O–H groups in total. The Bertz CT molecular complexity index is 2410. The van der Waals surface area contributed by atoms with E-state index in [1.807, 2.05) is 64.1 Å². The fraction of sp³-hybridized carbons (Fsp3) is 0.500. The molecule has 16 nitrogen and oxygen atoms in total. The molecule has 0 bridgehead atoms. The summed E-state index contributed by atoms with van der Waals surface area (Å²) in [4.78, 5) is 78.1. The second kappa shape index (κ2) is 18.2. The summed E-state index contributed by atoms with van der Waals surface area (Å²) in [5.74, 6) is 0.478. The molecule has 0 radical (unpaired) electrons. The number of anilines is 1. The molecule has 0 unspecified atom stereocenters. The van der Waals surface area contributed by atoms with E-state index >= 15 is 0 Å². The Kier molecular flexibility index (Phi) is 12.7. The van der Waals surface area contributed by atoms with Crippen molar-refractivity contribution in [1.29, 1.82) is 0 Å². The topological polar surface area (TPSA) is 191 Å². The van der Waals surface area contributed by atoms with Crippen molar-refractivity contribution in [3.63, 3.8) is 0 Å². The number of methoxy groups -OCH3 is 2. The van der Waals surface area contributed by atoms with Crippen molar-refractivity contribution in [3.8, 4) is 0 Å². The standard InChI is InChI=1S/C46H55F3N10O6/c1-24(2)38(55-44(62)64-5)42(60)57-19-7-9-35(57)40-51-29-14-11-26(21-31(29)53-40)33-16-17-34(59(33)28-13-18-37(50-23-28)46(47,48)49)27-12-15-30-32(22-27)54-41(52-30)36-10-8-20-58(36)43(61)39(25(3)4)56-45(63)65-6/h11-15,18,21-25,33-36,38-39H,7-10,16-17,19-20H2,1-6H3,(H,51,53)(H,52,54)(H,55,62)(H,56,63)/t33-,34-,35+,36+,38+,39+/m1/s1. The molecule has 3 fully saturated rings. The van der Waals surface area contributed by atoms with E-state index in [1.54, 1.807) is 9.80 Å². The van der Waals surface area contributed by atoms with Gasteiger partial charge < -0.3 is 44.8 Å². The predicted octanol–water partition coefficient (Wildman–Crippen LogP) is 8.02. The van der Waals surface area contributed by atoms with Gasteiger partial charge in [0.2, 0.25) is 11.8 Å². The molecule has 3 aliphatic heterocycles. The van der Waals surface area contributed by atoms with E-state index in [1.165, 1.54) is 26.5 Å². The van der Waals surface area contributed by atoms with Gasteiger partial charge in [-0.2, -0.15) is 13.2 Å². The Labute approximate surface area is 374 Å². The first-order valence-corrected chi connectivity index (χ1v) is 22.2. The number of ether oxygens (including phenoxy) is 2. The fourth-order valence-electron chi connectivity index (χ4n) is 9.74. The third-order valence-electron chi connectivity index (χ3n) is 13.0. The lowest BCUT2D eigenvalue weighted by Gasteiger charge is -2.33. The smallest absolute Gasteiger partial charge is 0.433 e. The highest BCUT2D eigenvalue weighted by Gasteiger charge is 2.41. The molecule has 19 heteroatoms. The number of halogens is 3. The number of nitrogens with zero attached hydrogens (tertiary/aromatic N) is 6. The molecule has 8 rings (SSSR count). The van der Waals surface area contributed by atoms with Gasteiger partial charge in [-0.1, -0.05) is 39.8 Å². The van der Waals surface area contributed by atoms with Crippen LogP contribution in [0.4, 0.5) is 28.4 Å². The van der Waals surface area contributed by atoms with Crippen molar-refractivity contribution >= 4 is 51.8 Å². The summed E-state index contributed by atoms with van der Waals surface area (Å²) in [7, 11) is 2.52. The van der Waals surface area contributed by atoms with E-state index in [9.17, 15) is 32.3 Å². The first-order valence-electron chi connectivity index (χ1n) is 22.2. The minimum atomic E-state index is -4.60. The van der Waals surface area contributed by atoms with Crippen LogP contribution in [0.15, 0.2) is 54.7 Å². The van der Waals surface area contributed by atoms with Crippen molar-refractivity contribution in [2.24, 2.45) is 11.8 Å². The lowest BCUT2D eigenvalue weighted by molar-refractivity contribution is -0.141. The van der Waals surface area contributed by atoms with Crippen LogP contribution in [0.1, 0.15) is 119 Å². The van der Waals surface area contributed by atoms with E-state index in [0.29, 0.717) is 67.1 Å². The minimum absolute atomic E-state index is 0.181. The molecule has 0 aliphatic carbocycles. The third-order valence-corrected chi connectivity index (χ3v) is 13.0. The van der Waals surface area contributed by atoms with Gasteiger partial charge in [0.1, 0.15) is 29.4 Å². The number of carbonyl (C=O) groups is 4. The number of imidazole rings is 2. The largest absolute Gasteiger partial charge is 0.453 e. The number of H-pyrrole nitrogens is 2. The number of alkyl halides is 3. The van der Waals surface area contributed by atoms with E-state index in [4.69, 9.17) is 19.4 Å². The molecule has 346 valence electrons. The zero-order chi connectivity index (χ0) is 46.3. The number of aromatic nitrogens is 5. The maximum atomic E-state index is 13.8. The number of carbonyl (C=O) groups excluding carboxylic acids is 4. The van der Waals surface area contributed by atoms with Gasteiger partial charge in [0.15, 0.2) is 0 Å². The Morgan fingerprint density at radius 1 is 0.677 bits per heavy atom. The van der Waals surface area contributed by atoms with Crippen LogP contribution in [0.5, 0.6) is 0 Å². The molecule has 6 heterocycles. The molecule has 3 aromatic heterocycles. The van der Waals surface area contributed by atoms with Crippen LogP contribution in [0.3, 0.4) is 0 Å². The van der Waals surface area contributed by atoms with Crippen LogP contribution in [0.2, 0.25) is 0 Å². The summed E-state index contributed by atoms with van der Waals surface area (Å²) >= 11 is 0. The molecule has 5 aromatic rings. The number of benzene rings is 2. The normalized spacial score (nSPS) is 21.1. The van der Waals surface area contributed by atoms with E-state index < -0.39 is 36.1 Å². The molecule has 0 spiro atoms. The molecule has 2 aromatic carbocycles. The van der Waals surface area contributed by atoms with Gasteiger partial charge in [0.25, 0.3) is 0 Å². The highest BCUT2D eigenvalue weighted by atomic mass is 19.4. The van der Waals surface area contributed by atoms with Crippen LogP contribution < -0.4 is 15.5 Å². The van der Waals surface area contributed by atoms with E-state index in [-0.39, 0.29) is 47.8 Å². The number of alkyl carbamates (subject to hydrolysis) is 2. The van der Waals surface area contributed by atoms with E-state index in [2.05, 4.69) is 30.5 Å². The second-order valence-corrected chi connectivity index (χ2v) is 17.8. The van der Waals surface area contributed by atoms with Crippen LogP contribution in [-0.4, -0.2) is 98.1 Å². The number of pyridine rings is 1. The summed E-state index contributed by atoms with van der Waals surface area (Å²) in [6, 6.07) is 11.6. The van der Waals surface area contributed by atoms with Gasteiger partial charge in [-0.15, -0.1) is 0 Å². The summed E-state index contributed by atoms with van der Waals surface area (Å²) in [6.45, 7) is 8.48. The number of rotatable bonds is 11. The SMILES string of the molecule is COC(=O)N[C@H](C(=O)N1CCC[C@H]1c1nc2ccc([C@H]3CC[C@H](c4ccc5nc([C@@H]6CCCN6C(=O)[C@@H](NC(=O)OC)C(C)C)[nH]c5c4)N3c3ccc(C(F)(F)F)nc3)cc2[nH]1)C(C)C. The zero-order valence-electron chi connectivity index (χ0n) is 37.2. The first kappa shape index (κ1) is 45.2. The van der Waals surface area contributed by atoms with Gasteiger partial charge in [-0.25, -0.2) is 24.5 Å². The van der Waals surface area contributed by atoms with Crippen LogP contribution in [0, 0.1) is 11.8 Å². The number of aromatic amines is 2. The van der Waals surface area contributed by atoms with Gasteiger partial charge >= 0.3 is 18.4 Å².